The first-order chi connectivity index (χ1) is 8.96. The van der Waals surface area contributed by atoms with Crippen LogP contribution in [0.3, 0.4) is 0 Å². The molecule has 0 radical (unpaired) electrons. The monoisotopic (exact) mass is 273 g/mol. The van der Waals surface area contributed by atoms with E-state index in [1.807, 2.05) is 0 Å². The Bertz CT molecular complexity index is 584. The standard InChI is InChI=1S/C11H16FN3O4/c1-2-6-3-15(10(18)14-9(6)17)11(5-13)8(16)7(12)4-19-11/h3,7-8,16H,2,4-5,13H2,1H3,(H,14,17,18)/t7-,8-,11-/m0/s1. The summed E-state index contributed by atoms with van der Waals surface area (Å²) in [6.45, 7) is 1.09. The van der Waals surface area contributed by atoms with Crippen molar-refractivity contribution in [1.29, 1.82) is 0 Å². The Morgan fingerprint density at radius 2 is 2.37 bits per heavy atom. The van der Waals surface area contributed by atoms with Crippen molar-refractivity contribution in [1.82, 2.24) is 9.55 Å². The zero-order chi connectivity index (χ0) is 14.2. The second-order valence-electron chi connectivity index (χ2n) is 4.46. The summed E-state index contributed by atoms with van der Waals surface area (Å²) in [7, 11) is 0. The predicted octanol–water partition coefficient (Wildman–Crippen LogP) is -1.56. The molecule has 0 spiro atoms. The van der Waals surface area contributed by atoms with Crippen LogP contribution in [0.15, 0.2) is 15.8 Å². The Balaban J connectivity index is 2.63. The van der Waals surface area contributed by atoms with Gasteiger partial charge in [-0.25, -0.2) is 9.18 Å². The summed E-state index contributed by atoms with van der Waals surface area (Å²) in [4.78, 5) is 25.5. The van der Waals surface area contributed by atoms with Crippen LogP contribution in [0.1, 0.15) is 12.5 Å². The van der Waals surface area contributed by atoms with E-state index in [0.717, 1.165) is 4.57 Å². The lowest BCUT2D eigenvalue weighted by Crippen LogP contribution is -2.55. The molecule has 0 aliphatic carbocycles. The predicted molar refractivity (Wildman–Crippen MR) is 64.6 cm³/mol. The summed E-state index contributed by atoms with van der Waals surface area (Å²) in [5.41, 5.74) is 2.89. The van der Waals surface area contributed by atoms with Gasteiger partial charge in [-0.1, -0.05) is 6.92 Å². The van der Waals surface area contributed by atoms with Gasteiger partial charge < -0.3 is 15.6 Å². The second-order valence-corrected chi connectivity index (χ2v) is 4.46. The number of aryl methyl sites for hydroxylation is 1. The molecule has 106 valence electrons. The Morgan fingerprint density at radius 1 is 1.68 bits per heavy atom. The summed E-state index contributed by atoms with van der Waals surface area (Å²) in [5, 5.41) is 9.89. The van der Waals surface area contributed by atoms with Crippen LogP contribution in [-0.2, 0) is 16.9 Å². The Kier molecular flexibility index (Phi) is 3.57. The van der Waals surface area contributed by atoms with Gasteiger partial charge in [0, 0.05) is 18.3 Å². The minimum Gasteiger partial charge on any atom is -0.385 e. The molecule has 0 aromatic carbocycles. The maximum absolute atomic E-state index is 13.5. The van der Waals surface area contributed by atoms with E-state index < -0.39 is 29.2 Å². The average molecular weight is 273 g/mol. The van der Waals surface area contributed by atoms with Crippen LogP contribution < -0.4 is 17.0 Å². The zero-order valence-electron chi connectivity index (χ0n) is 10.4. The number of nitrogens with two attached hydrogens (primary N) is 1. The third-order valence-electron chi connectivity index (χ3n) is 3.39. The number of aliphatic hydroxyl groups is 1. The number of hydrogen-bond donors (Lipinski definition) is 3. The maximum Gasteiger partial charge on any atom is 0.330 e. The zero-order valence-corrected chi connectivity index (χ0v) is 10.4. The van der Waals surface area contributed by atoms with Crippen molar-refractivity contribution in [3.05, 3.63) is 32.6 Å². The molecule has 1 aromatic heterocycles. The van der Waals surface area contributed by atoms with Gasteiger partial charge in [0.15, 0.2) is 11.9 Å². The van der Waals surface area contributed by atoms with Gasteiger partial charge >= 0.3 is 5.69 Å². The van der Waals surface area contributed by atoms with Crippen molar-refractivity contribution in [3.63, 3.8) is 0 Å². The number of hydrogen-bond acceptors (Lipinski definition) is 5. The summed E-state index contributed by atoms with van der Waals surface area (Å²) >= 11 is 0. The molecule has 2 heterocycles. The van der Waals surface area contributed by atoms with E-state index in [2.05, 4.69) is 4.98 Å². The molecular formula is C11H16FN3O4. The molecule has 0 saturated carbocycles. The molecule has 1 aliphatic rings. The Labute approximate surface area is 107 Å². The molecule has 1 saturated heterocycles. The molecule has 8 heteroatoms. The van der Waals surface area contributed by atoms with Crippen LogP contribution in [0, 0.1) is 0 Å². The van der Waals surface area contributed by atoms with Crippen molar-refractivity contribution in [2.24, 2.45) is 5.73 Å². The lowest BCUT2D eigenvalue weighted by atomic mass is 10.1. The Morgan fingerprint density at radius 3 is 2.84 bits per heavy atom. The van der Waals surface area contributed by atoms with E-state index in [9.17, 15) is 19.1 Å². The fourth-order valence-corrected chi connectivity index (χ4v) is 2.22. The highest BCUT2D eigenvalue weighted by Crippen LogP contribution is 2.31. The van der Waals surface area contributed by atoms with Gasteiger partial charge in [0.25, 0.3) is 5.56 Å². The molecule has 3 atom stereocenters. The average Bonchev–Trinajstić information content (AvgIpc) is 2.68. The van der Waals surface area contributed by atoms with Crippen molar-refractivity contribution in [2.45, 2.75) is 31.3 Å². The molecule has 4 N–H and O–H groups in total. The van der Waals surface area contributed by atoms with Crippen LogP contribution in [0.25, 0.3) is 0 Å². The van der Waals surface area contributed by atoms with Gasteiger partial charge in [-0.05, 0) is 6.42 Å². The number of ether oxygens (including phenoxy) is 1. The largest absolute Gasteiger partial charge is 0.385 e. The highest BCUT2D eigenvalue weighted by Gasteiger charge is 2.51. The topological polar surface area (TPSA) is 110 Å². The molecular weight excluding hydrogens is 257 g/mol. The minimum absolute atomic E-state index is 0.288. The maximum atomic E-state index is 13.5. The highest BCUT2D eigenvalue weighted by atomic mass is 19.1. The summed E-state index contributed by atoms with van der Waals surface area (Å²) < 4.78 is 19.6. The molecule has 0 bridgehead atoms. The number of H-pyrrole nitrogens is 1. The normalized spacial score (nSPS) is 30.7. The van der Waals surface area contributed by atoms with Gasteiger partial charge in [0.05, 0.1) is 6.61 Å². The van der Waals surface area contributed by atoms with Crippen molar-refractivity contribution < 1.29 is 14.2 Å². The van der Waals surface area contributed by atoms with Gasteiger partial charge in [0.2, 0.25) is 0 Å². The van der Waals surface area contributed by atoms with E-state index in [0.29, 0.717) is 12.0 Å². The fourth-order valence-electron chi connectivity index (χ4n) is 2.22. The van der Waals surface area contributed by atoms with Gasteiger partial charge in [-0.15, -0.1) is 0 Å². The van der Waals surface area contributed by atoms with Crippen molar-refractivity contribution in [3.8, 4) is 0 Å². The third kappa shape index (κ3) is 2.01. The van der Waals surface area contributed by atoms with Crippen molar-refractivity contribution >= 4 is 0 Å². The number of rotatable bonds is 3. The minimum atomic E-state index is -1.68. The van der Waals surface area contributed by atoms with Gasteiger partial charge in [0.1, 0.15) is 6.10 Å². The van der Waals surface area contributed by atoms with Crippen molar-refractivity contribution in [2.75, 3.05) is 13.2 Å². The lowest BCUT2D eigenvalue weighted by Gasteiger charge is -2.32. The van der Waals surface area contributed by atoms with E-state index in [-0.39, 0.29) is 13.2 Å². The number of nitrogens with zero attached hydrogens (tertiary/aromatic N) is 1. The summed E-state index contributed by atoms with van der Waals surface area (Å²) in [6.07, 6.45) is -1.56. The first kappa shape index (κ1) is 13.9. The summed E-state index contributed by atoms with van der Waals surface area (Å²) in [5.74, 6) is 0. The molecule has 1 aromatic rings. The highest BCUT2D eigenvalue weighted by molar-refractivity contribution is 5.08. The van der Waals surface area contributed by atoms with E-state index >= 15 is 0 Å². The quantitative estimate of drug-likeness (QED) is 0.617. The SMILES string of the molecule is CCc1cn([C@@]2(CN)OC[C@H](F)[C@@H]2O)c(=O)[nH]c1=O. The van der Waals surface area contributed by atoms with Crippen LogP contribution in [0.5, 0.6) is 0 Å². The smallest absolute Gasteiger partial charge is 0.330 e. The van der Waals surface area contributed by atoms with Crippen LogP contribution in [0.2, 0.25) is 0 Å². The molecule has 2 rings (SSSR count). The van der Waals surface area contributed by atoms with E-state index in [1.54, 1.807) is 6.92 Å². The van der Waals surface area contributed by atoms with Gasteiger partial charge in [-0.2, -0.15) is 0 Å². The van der Waals surface area contributed by atoms with Gasteiger partial charge in [-0.3, -0.25) is 14.3 Å². The first-order valence-electron chi connectivity index (χ1n) is 5.97. The molecule has 1 aliphatic heterocycles. The van der Waals surface area contributed by atoms with Crippen LogP contribution in [0.4, 0.5) is 4.39 Å². The fraction of sp³-hybridized carbons (Fsp3) is 0.636. The van der Waals surface area contributed by atoms with E-state index in [1.165, 1.54) is 6.20 Å². The first-order valence-corrected chi connectivity index (χ1v) is 5.97. The summed E-state index contributed by atoms with van der Waals surface area (Å²) in [6, 6.07) is 0. The molecule has 19 heavy (non-hydrogen) atoms. The molecule has 0 amide bonds. The number of alkyl halides is 1. The number of aromatic nitrogens is 2. The second kappa shape index (κ2) is 4.87. The van der Waals surface area contributed by atoms with Crippen LogP contribution in [-0.4, -0.2) is 40.1 Å². The van der Waals surface area contributed by atoms with Crippen LogP contribution >= 0.6 is 0 Å². The number of nitrogens with one attached hydrogen (secondary N) is 1. The number of halogens is 1. The lowest BCUT2D eigenvalue weighted by molar-refractivity contribution is -0.117. The number of aromatic amines is 1. The third-order valence-corrected chi connectivity index (χ3v) is 3.39. The molecule has 1 fully saturated rings. The molecule has 0 unspecified atom stereocenters. The molecule has 7 nitrogen and oxygen atoms in total. The van der Waals surface area contributed by atoms with E-state index in [4.69, 9.17) is 10.5 Å². The number of aliphatic hydroxyl groups excluding tert-OH is 1. The Hall–Kier alpha value is -1.51.